The number of pyridine rings is 1. The molecule has 1 aliphatic rings. The SMILES string of the molecule is CCC1CCCCN1CCNC(=NC)NCCc1cn2cccc(C)c2n1. The Morgan fingerprint density at radius 3 is 2.93 bits per heavy atom. The lowest BCUT2D eigenvalue weighted by molar-refractivity contribution is 0.147. The molecule has 0 saturated carbocycles. The van der Waals surface area contributed by atoms with Gasteiger partial charge in [-0.3, -0.25) is 9.89 Å². The highest BCUT2D eigenvalue weighted by Gasteiger charge is 2.19. The molecule has 148 valence electrons. The molecule has 0 bridgehead atoms. The van der Waals surface area contributed by atoms with Crippen LogP contribution in [0.15, 0.2) is 29.5 Å². The average molecular weight is 371 g/mol. The van der Waals surface area contributed by atoms with E-state index in [1.807, 2.05) is 7.05 Å². The monoisotopic (exact) mass is 370 g/mol. The zero-order valence-electron chi connectivity index (χ0n) is 17.0. The van der Waals surface area contributed by atoms with E-state index in [-0.39, 0.29) is 0 Å². The smallest absolute Gasteiger partial charge is 0.191 e. The number of aromatic nitrogens is 2. The van der Waals surface area contributed by atoms with Crippen LogP contribution in [0.1, 0.15) is 43.9 Å². The van der Waals surface area contributed by atoms with Crippen LogP contribution in [0.5, 0.6) is 0 Å². The summed E-state index contributed by atoms with van der Waals surface area (Å²) in [4.78, 5) is 11.7. The standard InChI is InChI=1S/C21H34N6/c1-4-19-9-5-6-13-26(19)15-12-24-21(22-3)23-11-10-18-16-27-14-7-8-17(2)20(27)25-18/h7-8,14,16,19H,4-6,9-13,15H2,1-3H3,(H2,22,23,24). The van der Waals surface area contributed by atoms with E-state index in [9.17, 15) is 0 Å². The summed E-state index contributed by atoms with van der Waals surface area (Å²) in [5.74, 6) is 0.875. The van der Waals surface area contributed by atoms with Gasteiger partial charge in [-0.25, -0.2) is 4.98 Å². The number of guanidine groups is 1. The molecule has 0 spiro atoms. The van der Waals surface area contributed by atoms with Crippen LogP contribution in [0.4, 0.5) is 0 Å². The Morgan fingerprint density at radius 2 is 2.15 bits per heavy atom. The fourth-order valence-electron chi connectivity index (χ4n) is 3.99. The van der Waals surface area contributed by atoms with Crippen molar-refractivity contribution in [2.24, 2.45) is 4.99 Å². The molecule has 1 unspecified atom stereocenters. The molecule has 1 atom stereocenters. The highest BCUT2D eigenvalue weighted by atomic mass is 15.2. The first-order valence-corrected chi connectivity index (χ1v) is 10.3. The van der Waals surface area contributed by atoms with Gasteiger partial charge in [0, 0.05) is 51.5 Å². The maximum atomic E-state index is 4.73. The molecule has 6 heteroatoms. The van der Waals surface area contributed by atoms with Crippen molar-refractivity contribution in [1.82, 2.24) is 24.9 Å². The first-order chi connectivity index (χ1) is 13.2. The molecule has 0 aromatic carbocycles. The number of hydrogen-bond acceptors (Lipinski definition) is 3. The van der Waals surface area contributed by atoms with Crippen LogP contribution in [0, 0.1) is 6.92 Å². The first kappa shape index (κ1) is 19.7. The van der Waals surface area contributed by atoms with Crippen molar-refractivity contribution in [3.05, 3.63) is 35.8 Å². The molecule has 0 aliphatic carbocycles. The molecule has 0 radical (unpaired) electrons. The molecule has 2 aromatic heterocycles. The van der Waals surface area contributed by atoms with Crippen molar-refractivity contribution < 1.29 is 0 Å². The molecule has 3 heterocycles. The number of nitrogens with one attached hydrogen (secondary N) is 2. The highest BCUT2D eigenvalue weighted by Crippen LogP contribution is 2.18. The lowest BCUT2D eigenvalue weighted by Gasteiger charge is -2.35. The van der Waals surface area contributed by atoms with Gasteiger partial charge in [0.05, 0.1) is 5.69 Å². The predicted octanol–water partition coefficient (Wildman–Crippen LogP) is 2.61. The van der Waals surface area contributed by atoms with Crippen LogP contribution in [0.25, 0.3) is 5.65 Å². The summed E-state index contributed by atoms with van der Waals surface area (Å²) in [5, 5.41) is 6.87. The van der Waals surface area contributed by atoms with Crippen LogP contribution < -0.4 is 10.6 Å². The highest BCUT2D eigenvalue weighted by molar-refractivity contribution is 5.79. The Labute approximate surface area is 163 Å². The maximum Gasteiger partial charge on any atom is 0.191 e. The molecular formula is C21H34N6. The van der Waals surface area contributed by atoms with Crippen LogP contribution in [-0.2, 0) is 6.42 Å². The third-order valence-electron chi connectivity index (χ3n) is 5.54. The molecule has 3 rings (SSSR count). The zero-order valence-corrected chi connectivity index (χ0v) is 17.0. The molecule has 6 nitrogen and oxygen atoms in total. The van der Waals surface area contributed by atoms with Gasteiger partial charge in [-0.05, 0) is 44.4 Å². The normalized spacial score (nSPS) is 18.8. The lowest BCUT2D eigenvalue weighted by atomic mass is 10.0. The van der Waals surface area contributed by atoms with E-state index in [0.29, 0.717) is 0 Å². The van der Waals surface area contributed by atoms with Gasteiger partial charge in [-0.1, -0.05) is 19.4 Å². The second-order valence-corrected chi connectivity index (χ2v) is 7.42. The Kier molecular flexibility index (Phi) is 7.10. The number of fused-ring (bicyclic) bond motifs is 1. The Morgan fingerprint density at radius 1 is 1.30 bits per heavy atom. The van der Waals surface area contributed by atoms with Crippen molar-refractivity contribution in [3.8, 4) is 0 Å². The fraction of sp³-hybridized carbons (Fsp3) is 0.619. The minimum Gasteiger partial charge on any atom is -0.356 e. The van der Waals surface area contributed by atoms with Gasteiger partial charge in [-0.15, -0.1) is 0 Å². The number of aliphatic imine (C=N–C) groups is 1. The van der Waals surface area contributed by atoms with Crippen LogP contribution >= 0.6 is 0 Å². The zero-order chi connectivity index (χ0) is 19.1. The number of imidazole rings is 1. The average Bonchev–Trinajstić information content (AvgIpc) is 3.11. The second-order valence-electron chi connectivity index (χ2n) is 7.42. The summed E-state index contributed by atoms with van der Waals surface area (Å²) in [7, 11) is 1.83. The van der Waals surface area contributed by atoms with Crippen molar-refractivity contribution >= 4 is 11.6 Å². The summed E-state index contributed by atoms with van der Waals surface area (Å²) >= 11 is 0. The Hall–Kier alpha value is -2.08. The largest absolute Gasteiger partial charge is 0.356 e. The van der Waals surface area contributed by atoms with Gasteiger partial charge < -0.3 is 15.0 Å². The van der Waals surface area contributed by atoms with E-state index >= 15 is 0 Å². The number of nitrogens with zero attached hydrogens (tertiary/aromatic N) is 4. The number of piperidine rings is 1. The van der Waals surface area contributed by atoms with Gasteiger partial charge >= 0.3 is 0 Å². The molecule has 2 N–H and O–H groups in total. The molecule has 1 fully saturated rings. The van der Waals surface area contributed by atoms with Crippen LogP contribution in [0.2, 0.25) is 0 Å². The van der Waals surface area contributed by atoms with Gasteiger partial charge in [0.15, 0.2) is 5.96 Å². The molecule has 27 heavy (non-hydrogen) atoms. The first-order valence-electron chi connectivity index (χ1n) is 10.3. The number of likely N-dealkylation sites (tertiary alicyclic amines) is 1. The van der Waals surface area contributed by atoms with Gasteiger partial charge in [0.25, 0.3) is 0 Å². The van der Waals surface area contributed by atoms with E-state index in [2.05, 4.69) is 63.3 Å². The van der Waals surface area contributed by atoms with Crippen molar-refractivity contribution in [1.29, 1.82) is 0 Å². The summed E-state index contributed by atoms with van der Waals surface area (Å²) in [6.07, 6.45) is 10.4. The van der Waals surface area contributed by atoms with Crippen molar-refractivity contribution in [2.45, 2.75) is 52.0 Å². The van der Waals surface area contributed by atoms with E-state index in [1.165, 1.54) is 37.8 Å². The third-order valence-corrected chi connectivity index (χ3v) is 5.54. The molecule has 2 aromatic rings. The van der Waals surface area contributed by atoms with E-state index in [0.717, 1.165) is 49.4 Å². The molecular weight excluding hydrogens is 336 g/mol. The molecule has 0 amide bonds. The summed E-state index contributed by atoms with van der Waals surface area (Å²) in [5.41, 5.74) is 3.35. The Bertz CT molecular complexity index is 750. The van der Waals surface area contributed by atoms with Crippen LogP contribution in [0.3, 0.4) is 0 Å². The third kappa shape index (κ3) is 5.22. The van der Waals surface area contributed by atoms with Crippen molar-refractivity contribution in [2.75, 3.05) is 33.2 Å². The number of rotatable bonds is 7. The van der Waals surface area contributed by atoms with Gasteiger partial charge in [0.1, 0.15) is 5.65 Å². The van der Waals surface area contributed by atoms with Gasteiger partial charge in [0.2, 0.25) is 0 Å². The minimum atomic E-state index is 0.758. The van der Waals surface area contributed by atoms with E-state index in [1.54, 1.807) is 0 Å². The number of hydrogen-bond donors (Lipinski definition) is 2. The van der Waals surface area contributed by atoms with Crippen LogP contribution in [-0.4, -0.2) is 59.5 Å². The minimum absolute atomic E-state index is 0.758. The van der Waals surface area contributed by atoms with Crippen molar-refractivity contribution in [3.63, 3.8) is 0 Å². The predicted molar refractivity (Wildman–Crippen MR) is 113 cm³/mol. The maximum absolute atomic E-state index is 4.73. The summed E-state index contributed by atoms with van der Waals surface area (Å²) < 4.78 is 2.10. The van der Waals surface area contributed by atoms with E-state index < -0.39 is 0 Å². The summed E-state index contributed by atoms with van der Waals surface area (Å²) in [6, 6.07) is 4.92. The quantitative estimate of drug-likeness (QED) is 0.581. The Balaban J connectivity index is 1.41. The summed E-state index contributed by atoms with van der Waals surface area (Å²) in [6.45, 7) is 8.48. The lowest BCUT2D eigenvalue weighted by Crippen LogP contribution is -2.46. The van der Waals surface area contributed by atoms with E-state index in [4.69, 9.17) is 4.98 Å². The number of aryl methyl sites for hydroxylation is 1. The fourth-order valence-corrected chi connectivity index (χ4v) is 3.99. The molecule has 1 aliphatic heterocycles. The molecule has 1 saturated heterocycles. The second kappa shape index (κ2) is 9.74. The topological polar surface area (TPSA) is 57.0 Å². The van der Waals surface area contributed by atoms with Gasteiger partial charge in [-0.2, -0.15) is 0 Å².